The first-order valence-electron chi connectivity index (χ1n) is 5.85. The molecule has 114 valence electrons. The fraction of sp³-hybridized carbons (Fsp3) is 0.364. The maximum absolute atomic E-state index is 12.8. The Kier molecular flexibility index (Phi) is 4.21. The Hall–Kier alpha value is -2.03. The highest BCUT2D eigenvalue weighted by Crippen LogP contribution is 2.32. The Bertz CT molecular complexity index is 678. The van der Waals surface area contributed by atoms with Gasteiger partial charge in [-0.2, -0.15) is 13.2 Å². The van der Waals surface area contributed by atoms with E-state index in [0.717, 1.165) is 12.3 Å². The van der Waals surface area contributed by atoms with Gasteiger partial charge in [-0.05, 0) is 6.07 Å². The highest BCUT2D eigenvalue weighted by molar-refractivity contribution is 6.33. The van der Waals surface area contributed by atoms with Gasteiger partial charge in [-0.3, -0.25) is 9.39 Å². The summed E-state index contributed by atoms with van der Waals surface area (Å²) in [6, 6.07) is 0.829. The number of hydrogen-bond acceptors (Lipinski definition) is 3. The molecule has 0 amide bonds. The van der Waals surface area contributed by atoms with Crippen molar-refractivity contribution in [1.29, 1.82) is 0 Å². The van der Waals surface area contributed by atoms with E-state index in [1.165, 1.54) is 4.40 Å². The van der Waals surface area contributed by atoms with Crippen molar-refractivity contribution in [2.24, 2.45) is 4.99 Å². The minimum absolute atomic E-state index is 0.110. The van der Waals surface area contributed by atoms with Gasteiger partial charge in [0.15, 0.2) is 17.4 Å². The van der Waals surface area contributed by atoms with E-state index in [1.54, 1.807) is 14.1 Å². The van der Waals surface area contributed by atoms with Crippen molar-refractivity contribution in [3.05, 3.63) is 28.7 Å². The van der Waals surface area contributed by atoms with Crippen molar-refractivity contribution in [1.82, 2.24) is 25.2 Å². The first kappa shape index (κ1) is 15.4. The lowest BCUT2D eigenvalue weighted by Gasteiger charge is -2.10. The fourth-order valence-electron chi connectivity index (χ4n) is 1.72. The number of guanidine groups is 1. The van der Waals surface area contributed by atoms with Gasteiger partial charge in [0.2, 0.25) is 0 Å². The minimum Gasteiger partial charge on any atom is -0.359 e. The molecular weight excluding hydrogens is 309 g/mol. The number of nitrogens with zero attached hydrogens (tertiary/aromatic N) is 4. The molecule has 0 spiro atoms. The number of alkyl halides is 3. The standard InChI is InChI=1S/C11H12ClF3N6/c1-16-10(17-2)18-4-8-19-20-9-7(12)3-6(5-21(8)9)11(13,14)15/h3,5H,4H2,1-2H3,(H2,16,17,18). The maximum Gasteiger partial charge on any atom is 0.417 e. The van der Waals surface area contributed by atoms with Gasteiger partial charge in [0.05, 0.1) is 17.1 Å². The fourth-order valence-corrected chi connectivity index (χ4v) is 1.96. The van der Waals surface area contributed by atoms with E-state index < -0.39 is 11.7 Å². The van der Waals surface area contributed by atoms with Gasteiger partial charge in [0.25, 0.3) is 0 Å². The molecule has 0 bridgehead atoms. The number of pyridine rings is 1. The third kappa shape index (κ3) is 3.18. The predicted molar refractivity (Wildman–Crippen MR) is 72.3 cm³/mol. The minimum atomic E-state index is -4.49. The average molecular weight is 321 g/mol. The van der Waals surface area contributed by atoms with Crippen LogP contribution < -0.4 is 10.6 Å². The van der Waals surface area contributed by atoms with E-state index in [1.807, 2.05) is 0 Å². The van der Waals surface area contributed by atoms with Crippen LogP contribution in [0.15, 0.2) is 17.3 Å². The van der Waals surface area contributed by atoms with Gasteiger partial charge in [-0.1, -0.05) is 11.6 Å². The van der Waals surface area contributed by atoms with E-state index in [2.05, 4.69) is 25.8 Å². The van der Waals surface area contributed by atoms with Gasteiger partial charge in [0, 0.05) is 20.3 Å². The van der Waals surface area contributed by atoms with E-state index in [0.29, 0.717) is 5.96 Å². The van der Waals surface area contributed by atoms with Crippen molar-refractivity contribution in [2.75, 3.05) is 14.1 Å². The molecular formula is C11H12ClF3N6. The normalized spacial score (nSPS) is 12.8. The first-order chi connectivity index (χ1) is 9.86. The van der Waals surface area contributed by atoms with Crippen molar-refractivity contribution in [2.45, 2.75) is 12.7 Å². The Morgan fingerprint density at radius 3 is 2.71 bits per heavy atom. The molecule has 2 N–H and O–H groups in total. The molecule has 21 heavy (non-hydrogen) atoms. The number of halogens is 4. The second-order valence-electron chi connectivity index (χ2n) is 4.06. The van der Waals surface area contributed by atoms with Crippen molar-refractivity contribution in [3.63, 3.8) is 0 Å². The highest BCUT2D eigenvalue weighted by atomic mass is 35.5. The third-order valence-corrected chi connectivity index (χ3v) is 3.01. The van der Waals surface area contributed by atoms with Gasteiger partial charge < -0.3 is 10.6 Å². The van der Waals surface area contributed by atoms with Crippen LogP contribution in [0.1, 0.15) is 11.4 Å². The monoisotopic (exact) mass is 320 g/mol. The molecule has 0 aromatic carbocycles. The summed E-state index contributed by atoms with van der Waals surface area (Å²) in [5.74, 6) is 0.763. The topological polar surface area (TPSA) is 66.6 Å². The maximum atomic E-state index is 12.8. The van der Waals surface area contributed by atoms with E-state index >= 15 is 0 Å². The molecule has 0 atom stereocenters. The molecule has 2 heterocycles. The van der Waals surface area contributed by atoms with Gasteiger partial charge >= 0.3 is 6.18 Å². The molecule has 0 unspecified atom stereocenters. The van der Waals surface area contributed by atoms with Gasteiger partial charge in [-0.15, -0.1) is 10.2 Å². The summed E-state index contributed by atoms with van der Waals surface area (Å²) >= 11 is 5.82. The molecule has 2 rings (SSSR count). The molecule has 0 radical (unpaired) electrons. The highest BCUT2D eigenvalue weighted by Gasteiger charge is 2.32. The SMILES string of the molecule is CN=C(NC)NCc1nnc2c(Cl)cc(C(F)(F)F)cn12. The van der Waals surface area contributed by atoms with Crippen LogP contribution in [-0.2, 0) is 12.7 Å². The molecule has 10 heteroatoms. The number of nitrogens with one attached hydrogen (secondary N) is 2. The zero-order chi connectivity index (χ0) is 15.6. The van der Waals surface area contributed by atoms with E-state index in [9.17, 15) is 13.2 Å². The van der Waals surface area contributed by atoms with Crippen LogP contribution >= 0.6 is 11.6 Å². The molecule has 0 aliphatic heterocycles. The van der Waals surface area contributed by atoms with Crippen LogP contribution in [0.3, 0.4) is 0 Å². The van der Waals surface area contributed by atoms with Crippen LogP contribution in [-0.4, -0.2) is 34.7 Å². The molecule has 0 aliphatic carbocycles. The summed E-state index contributed by atoms with van der Waals surface area (Å²) in [7, 11) is 3.23. The summed E-state index contributed by atoms with van der Waals surface area (Å²) < 4.78 is 39.6. The summed E-state index contributed by atoms with van der Waals surface area (Å²) in [6.07, 6.45) is -3.58. The Balaban J connectivity index is 2.40. The molecule has 2 aromatic rings. The van der Waals surface area contributed by atoms with Crippen LogP contribution in [0, 0.1) is 0 Å². The quantitative estimate of drug-likeness (QED) is 0.653. The summed E-state index contributed by atoms with van der Waals surface area (Å²) in [4.78, 5) is 3.89. The van der Waals surface area contributed by atoms with Crippen LogP contribution in [0.4, 0.5) is 13.2 Å². The zero-order valence-electron chi connectivity index (χ0n) is 11.2. The Labute approximate surface area is 123 Å². The summed E-state index contributed by atoms with van der Waals surface area (Å²) in [5.41, 5.74) is -0.694. The Morgan fingerprint density at radius 2 is 2.14 bits per heavy atom. The second-order valence-corrected chi connectivity index (χ2v) is 4.47. The van der Waals surface area contributed by atoms with E-state index in [4.69, 9.17) is 11.6 Å². The van der Waals surface area contributed by atoms with Crippen LogP contribution in [0.2, 0.25) is 5.02 Å². The predicted octanol–water partition coefficient (Wildman–Crippen LogP) is 1.70. The molecule has 0 aliphatic rings. The number of aliphatic imine (C=N–C) groups is 1. The second kappa shape index (κ2) is 5.76. The number of fused-ring (bicyclic) bond motifs is 1. The number of rotatable bonds is 2. The number of hydrogen-bond donors (Lipinski definition) is 2. The smallest absolute Gasteiger partial charge is 0.359 e. The van der Waals surface area contributed by atoms with E-state index in [-0.39, 0.29) is 23.0 Å². The first-order valence-corrected chi connectivity index (χ1v) is 6.23. The molecule has 0 saturated heterocycles. The molecule has 0 fully saturated rings. The summed E-state index contributed by atoms with van der Waals surface area (Å²) in [6.45, 7) is 0.145. The van der Waals surface area contributed by atoms with Crippen molar-refractivity contribution < 1.29 is 13.2 Å². The summed E-state index contributed by atoms with van der Waals surface area (Å²) in [5, 5.41) is 13.2. The number of aromatic nitrogens is 3. The van der Waals surface area contributed by atoms with Crippen LogP contribution in [0.25, 0.3) is 5.65 Å². The van der Waals surface area contributed by atoms with Gasteiger partial charge in [0.1, 0.15) is 0 Å². The van der Waals surface area contributed by atoms with Gasteiger partial charge in [-0.25, -0.2) is 0 Å². The third-order valence-electron chi connectivity index (χ3n) is 2.73. The largest absolute Gasteiger partial charge is 0.417 e. The Morgan fingerprint density at radius 1 is 1.43 bits per heavy atom. The van der Waals surface area contributed by atoms with Crippen molar-refractivity contribution in [3.8, 4) is 0 Å². The lowest BCUT2D eigenvalue weighted by Crippen LogP contribution is -2.34. The lowest BCUT2D eigenvalue weighted by molar-refractivity contribution is -0.137. The lowest BCUT2D eigenvalue weighted by atomic mass is 10.3. The molecule has 6 nitrogen and oxygen atoms in total. The van der Waals surface area contributed by atoms with Crippen molar-refractivity contribution >= 4 is 23.2 Å². The van der Waals surface area contributed by atoms with Crippen LogP contribution in [0.5, 0.6) is 0 Å². The molecule has 0 saturated carbocycles. The molecule has 2 aromatic heterocycles. The average Bonchev–Trinajstić information content (AvgIpc) is 2.83. The zero-order valence-corrected chi connectivity index (χ0v) is 11.9.